The molecule has 0 saturated carbocycles. The quantitative estimate of drug-likeness (QED) is 0.534. The van der Waals surface area contributed by atoms with Gasteiger partial charge in [-0.05, 0) is 36.6 Å². The molecule has 1 fully saturated rings. The van der Waals surface area contributed by atoms with E-state index in [1.54, 1.807) is 24.3 Å². The van der Waals surface area contributed by atoms with Gasteiger partial charge in [0.05, 0.1) is 11.6 Å². The molecule has 3 aliphatic heterocycles. The number of amides is 4. The molecule has 1 aliphatic carbocycles. The van der Waals surface area contributed by atoms with E-state index in [0.29, 0.717) is 25.1 Å². The first kappa shape index (κ1) is 23.3. The van der Waals surface area contributed by atoms with E-state index >= 15 is 0 Å². The average Bonchev–Trinajstić information content (AvgIpc) is 3.34. The third kappa shape index (κ3) is 5.30. The highest BCUT2D eigenvalue weighted by Crippen LogP contribution is 2.33. The maximum Gasteiger partial charge on any atom is 0.350 e. The van der Waals surface area contributed by atoms with Crippen molar-refractivity contribution >= 4 is 23.6 Å². The normalized spacial score (nSPS) is 21.4. The van der Waals surface area contributed by atoms with Crippen molar-refractivity contribution in [2.45, 2.75) is 32.2 Å². The van der Waals surface area contributed by atoms with Gasteiger partial charge in [0.1, 0.15) is 0 Å². The van der Waals surface area contributed by atoms with Crippen LogP contribution in [0.1, 0.15) is 31.2 Å². The molecule has 0 radical (unpaired) electrons. The Kier molecular flexibility index (Phi) is 6.94. The summed E-state index contributed by atoms with van der Waals surface area (Å²) < 4.78 is 10.8. The average molecular weight is 479 g/mol. The summed E-state index contributed by atoms with van der Waals surface area (Å²) in [5.41, 5.74) is 1.69. The number of unbranched alkanes of at least 4 members (excludes halogenated alkanes) is 2. The van der Waals surface area contributed by atoms with Crippen molar-refractivity contribution in [2.24, 2.45) is 10.9 Å². The number of hydrogen-bond acceptors (Lipinski definition) is 6. The van der Waals surface area contributed by atoms with Crippen LogP contribution in [-0.2, 0) is 16.1 Å². The smallest absolute Gasteiger partial charge is 0.350 e. The highest BCUT2D eigenvalue weighted by atomic mass is 16.7. The summed E-state index contributed by atoms with van der Waals surface area (Å²) in [6.07, 6.45) is 9.75. The lowest BCUT2D eigenvalue weighted by atomic mass is 9.95. The molecule has 184 valence electrons. The van der Waals surface area contributed by atoms with Crippen LogP contribution in [0.4, 0.5) is 4.79 Å². The molecule has 1 unspecified atom stereocenters. The number of carbonyl (C=O) groups excluding carboxylic acids is 3. The second-order valence-electron chi connectivity index (χ2n) is 9.19. The molecule has 0 aromatic heterocycles. The van der Waals surface area contributed by atoms with Crippen LogP contribution in [0.2, 0.25) is 0 Å². The number of piperazine rings is 1. The van der Waals surface area contributed by atoms with Crippen molar-refractivity contribution in [1.29, 1.82) is 0 Å². The molecule has 3 heterocycles. The molecular weight excluding hydrogens is 448 g/mol. The maximum atomic E-state index is 12.6. The first-order chi connectivity index (χ1) is 17.1. The fourth-order valence-corrected chi connectivity index (χ4v) is 4.82. The van der Waals surface area contributed by atoms with Gasteiger partial charge in [0.25, 0.3) is 0 Å². The van der Waals surface area contributed by atoms with Gasteiger partial charge in [0.2, 0.25) is 18.6 Å². The van der Waals surface area contributed by atoms with Crippen molar-refractivity contribution in [3.8, 4) is 11.5 Å². The highest BCUT2D eigenvalue weighted by molar-refractivity contribution is 6.21. The predicted molar refractivity (Wildman–Crippen MR) is 129 cm³/mol. The Bertz CT molecular complexity index is 1090. The summed E-state index contributed by atoms with van der Waals surface area (Å²) >= 11 is 0. The Balaban J connectivity index is 0.992. The lowest BCUT2D eigenvalue weighted by molar-refractivity contribution is -0.133. The Morgan fingerprint density at radius 3 is 2.69 bits per heavy atom. The number of aliphatic imine (C=N–C) groups is 1. The van der Waals surface area contributed by atoms with Crippen molar-refractivity contribution < 1.29 is 23.9 Å². The Morgan fingerprint density at radius 1 is 1.00 bits per heavy atom. The second kappa shape index (κ2) is 10.4. The molecule has 35 heavy (non-hydrogen) atoms. The number of ether oxygens (including phenoxy) is 2. The van der Waals surface area contributed by atoms with Crippen LogP contribution in [0.5, 0.6) is 11.5 Å². The second-order valence-corrected chi connectivity index (χ2v) is 9.19. The van der Waals surface area contributed by atoms with E-state index in [0.717, 1.165) is 57.1 Å². The van der Waals surface area contributed by atoms with Gasteiger partial charge in [-0.15, -0.1) is 0 Å². The Labute approximate surface area is 204 Å². The van der Waals surface area contributed by atoms with Crippen LogP contribution in [0.15, 0.2) is 47.5 Å². The fourth-order valence-electron chi connectivity index (χ4n) is 4.82. The molecule has 1 atom stereocenters. The van der Waals surface area contributed by atoms with Gasteiger partial charge in [-0.3, -0.25) is 19.4 Å². The molecule has 4 amide bonds. The number of imide groups is 1. The van der Waals surface area contributed by atoms with Gasteiger partial charge < -0.3 is 14.4 Å². The van der Waals surface area contributed by atoms with Crippen molar-refractivity contribution in [1.82, 2.24) is 14.7 Å². The summed E-state index contributed by atoms with van der Waals surface area (Å²) in [6, 6.07) is 5.54. The molecule has 9 nitrogen and oxygen atoms in total. The molecule has 1 aromatic rings. The lowest BCUT2D eigenvalue weighted by Crippen LogP contribution is -2.48. The molecule has 4 aliphatic rings. The van der Waals surface area contributed by atoms with E-state index in [1.807, 2.05) is 17.0 Å². The summed E-state index contributed by atoms with van der Waals surface area (Å²) in [7, 11) is 0. The van der Waals surface area contributed by atoms with Crippen LogP contribution in [-0.4, -0.2) is 77.8 Å². The lowest BCUT2D eigenvalue weighted by Gasteiger charge is -2.35. The topological polar surface area (TPSA) is 91.8 Å². The van der Waals surface area contributed by atoms with Crippen LogP contribution < -0.4 is 9.47 Å². The molecule has 0 bridgehead atoms. The Morgan fingerprint density at radius 2 is 1.83 bits per heavy atom. The standard InChI is InChI=1S/C26H30N4O5/c31-24(8-2-1-5-11-30-25(32)20-6-3-4-7-21(20)27-26(30)33)29-14-12-28(13-15-29)17-19-9-10-22-23(16-19)35-18-34-22/h3-4,6-7,9-10,16,20H,1-2,5,8,11-15,17-18H2. The molecule has 0 N–H and O–H groups in total. The summed E-state index contributed by atoms with van der Waals surface area (Å²) in [4.78, 5) is 47.0. The molecule has 1 saturated heterocycles. The highest BCUT2D eigenvalue weighted by Gasteiger charge is 2.35. The van der Waals surface area contributed by atoms with E-state index in [1.165, 1.54) is 10.5 Å². The third-order valence-corrected chi connectivity index (χ3v) is 6.83. The van der Waals surface area contributed by atoms with Gasteiger partial charge in [0, 0.05) is 45.7 Å². The predicted octanol–water partition coefficient (Wildman–Crippen LogP) is 2.77. The van der Waals surface area contributed by atoms with Crippen LogP contribution in [0.3, 0.4) is 0 Å². The zero-order chi connectivity index (χ0) is 24.2. The van der Waals surface area contributed by atoms with Crippen LogP contribution in [0.25, 0.3) is 0 Å². The summed E-state index contributed by atoms with van der Waals surface area (Å²) in [5.74, 6) is 1.09. The summed E-state index contributed by atoms with van der Waals surface area (Å²) in [6.45, 7) is 4.58. The first-order valence-corrected chi connectivity index (χ1v) is 12.3. The van der Waals surface area contributed by atoms with E-state index in [9.17, 15) is 14.4 Å². The first-order valence-electron chi connectivity index (χ1n) is 12.3. The molecule has 0 spiro atoms. The minimum atomic E-state index is -0.490. The van der Waals surface area contributed by atoms with Gasteiger partial charge in [-0.2, -0.15) is 4.99 Å². The molecular formula is C26H30N4O5. The van der Waals surface area contributed by atoms with Crippen molar-refractivity contribution in [2.75, 3.05) is 39.5 Å². The largest absolute Gasteiger partial charge is 0.454 e. The number of nitrogens with zero attached hydrogens (tertiary/aromatic N) is 4. The zero-order valence-electron chi connectivity index (χ0n) is 19.7. The minimum Gasteiger partial charge on any atom is -0.454 e. The van der Waals surface area contributed by atoms with Gasteiger partial charge in [-0.25, -0.2) is 4.79 Å². The Hall–Kier alpha value is -3.46. The summed E-state index contributed by atoms with van der Waals surface area (Å²) in [5, 5.41) is 0. The minimum absolute atomic E-state index is 0.172. The van der Waals surface area contributed by atoms with Crippen molar-refractivity contribution in [3.63, 3.8) is 0 Å². The number of benzene rings is 1. The zero-order valence-corrected chi connectivity index (χ0v) is 19.7. The third-order valence-electron chi connectivity index (χ3n) is 6.83. The molecule has 1 aromatic carbocycles. The molecule has 5 rings (SSSR count). The number of allylic oxidation sites excluding steroid dienone is 3. The monoisotopic (exact) mass is 478 g/mol. The fraction of sp³-hybridized carbons (Fsp3) is 0.462. The molecule has 9 heteroatoms. The van der Waals surface area contributed by atoms with E-state index < -0.39 is 11.9 Å². The van der Waals surface area contributed by atoms with Crippen LogP contribution in [0, 0.1) is 5.92 Å². The van der Waals surface area contributed by atoms with Crippen LogP contribution >= 0.6 is 0 Å². The van der Waals surface area contributed by atoms with E-state index in [-0.39, 0.29) is 18.6 Å². The number of urea groups is 1. The number of rotatable bonds is 8. The van der Waals surface area contributed by atoms with Crippen molar-refractivity contribution in [3.05, 3.63) is 48.1 Å². The number of fused-ring (bicyclic) bond motifs is 2. The maximum absolute atomic E-state index is 12.6. The SMILES string of the molecule is O=C(CCCCCN1C(=O)N=C2C=CC=CC2C1=O)N1CCN(Cc2ccc3c(c2)OCO3)CC1. The van der Waals surface area contributed by atoms with E-state index in [4.69, 9.17) is 9.47 Å². The van der Waals surface area contributed by atoms with Gasteiger partial charge in [-0.1, -0.05) is 30.7 Å². The number of hydrogen-bond donors (Lipinski definition) is 0. The van der Waals surface area contributed by atoms with Gasteiger partial charge >= 0.3 is 6.03 Å². The van der Waals surface area contributed by atoms with E-state index in [2.05, 4.69) is 16.0 Å². The number of carbonyl (C=O) groups is 3. The van der Waals surface area contributed by atoms with Gasteiger partial charge in [0.15, 0.2) is 11.5 Å².